The van der Waals surface area contributed by atoms with Crippen molar-refractivity contribution >= 4 is 5.91 Å². The summed E-state index contributed by atoms with van der Waals surface area (Å²) in [6.45, 7) is 6.88. The fourth-order valence-corrected chi connectivity index (χ4v) is 2.17. The molecule has 0 aromatic heterocycles. The maximum Gasteiger partial charge on any atom is 0.223 e. The molecule has 1 N–H and O–H groups in total. The molecule has 0 unspecified atom stereocenters. The van der Waals surface area contributed by atoms with Crippen molar-refractivity contribution in [2.45, 2.75) is 39.7 Å². The lowest BCUT2D eigenvalue weighted by molar-refractivity contribution is -0.133. The maximum absolute atomic E-state index is 12.2. The van der Waals surface area contributed by atoms with Gasteiger partial charge in [0, 0.05) is 19.0 Å². The normalized spacial score (nSPS) is 10.7. The summed E-state index contributed by atoms with van der Waals surface area (Å²) in [6, 6.07) is 7.91. The molecule has 0 radical (unpaired) electrons. The summed E-state index contributed by atoms with van der Waals surface area (Å²) in [5.41, 5.74) is 1.05. The summed E-state index contributed by atoms with van der Waals surface area (Å²) in [7, 11) is 0. The zero-order valence-electron chi connectivity index (χ0n) is 12.6. The number of hydrogen-bond donors (Lipinski definition) is 1. The molecule has 0 aliphatic heterocycles. The van der Waals surface area contributed by atoms with E-state index in [0.29, 0.717) is 26.0 Å². The highest BCUT2D eigenvalue weighted by molar-refractivity contribution is 5.76. The van der Waals surface area contributed by atoms with E-state index in [2.05, 4.69) is 0 Å². The molecule has 0 atom stereocenters. The third kappa shape index (κ3) is 4.85. The molecule has 0 saturated heterocycles. The van der Waals surface area contributed by atoms with Gasteiger partial charge in [0.25, 0.3) is 0 Å². The Morgan fingerprint density at radius 3 is 2.65 bits per heavy atom. The molecule has 20 heavy (non-hydrogen) atoms. The summed E-state index contributed by atoms with van der Waals surface area (Å²) in [6.07, 6.45) is 1.09. The molecule has 1 aromatic carbocycles. The molecule has 112 valence electrons. The number of nitrogens with zero attached hydrogens (tertiary/aromatic N) is 1. The number of aliphatic hydroxyl groups is 1. The first-order chi connectivity index (χ1) is 9.60. The van der Waals surface area contributed by atoms with Crippen LogP contribution in [-0.4, -0.2) is 41.7 Å². The summed E-state index contributed by atoms with van der Waals surface area (Å²) in [5, 5.41) is 9.02. The van der Waals surface area contributed by atoms with Crippen LogP contribution in [0.2, 0.25) is 0 Å². The average Bonchev–Trinajstić information content (AvgIpc) is 2.43. The molecular weight excluding hydrogens is 254 g/mol. The number of para-hydroxylation sites is 1. The lowest BCUT2D eigenvalue weighted by Gasteiger charge is -2.26. The van der Waals surface area contributed by atoms with Crippen LogP contribution in [0.5, 0.6) is 5.75 Å². The molecule has 1 amide bonds. The number of amides is 1. The maximum atomic E-state index is 12.2. The third-order valence-electron chi connectivity index (χ3n) is 3.17. The highest BCUT2D eigenvalue weighted by atomic mass is 16.5. The number of benzene rings is 1. The average molecular weight is 279 g/mol. The Balaban J connectivity index is 2.64. The van der Waals surface area contributed by atoms with E-state index in [0.717, 1.165) is 11.3 Å². The Bertz CT molecular complexity index is 418. The summed E-state index contributed by atoms with van der Waals surface area (Å²) in [4.78, 5) is 13.9. The first-order valence-electron chi connectivity index (χ1n) is 7.21. The van der Waals surface area contributed by atoms with Crippen LogP contribution in [0.25, 0.3) is 0 Å². The minimum absolute atomic E-state index is 0.000543. The SMILES string of the molecule is CCOc1ccccc1CCC(=O)N(CCO)C(C)C. The van der Waals surface area contributed by atoms with Gasteiger partial charge in [-0.2, -0.15) is 0 Å². The zero-order chi connectivity index (χ0) is 15.0. The molecule has 0 fully saturated rings. The van der Waals surface area contributed by atoms with Gasteiger partial charge in [0.2, 0.25) is 5.91 Å². The molecule has 4 heteroatoms. The Labute approximate surface area is 121 Å². The van der Waals surface area contributed by atoms with Crippen molar-refractivity contribution in [3.63, 3.8) is 0 Å². The molecule has 0 bridgehead atoms. The van der Waals surface area contributed by atoms with Crippen LogP contribution in [-0.2, 0) is 11.2 Å². The topological polar surface area (TPSA) is 49.8 Å². The number of carbonyl (C=O) groups is 1. The first kappa shape index (κ1) is 16.5. The van der Waals surface area contributed by atoms with Gasteiger partial charge in [-0.3, -0.25) is 4.79 Å². The van der Waals surface area contributed by atoms with Crippen LogP contribution >= 0.6 is 0 Å². The molecule has 0 heterocycles. The lowest BCUT2D eigenvalue weighted by atomic mass is 10.1. The van der Waals surface area contributed by atoms with Crippen LogP contribution in [0.4, 0.5) is 0 Å². The zero-order valence-corrected chi connectivity index (χ0v) is 12.6. The van der Waals surface area contributed by atoms with E-state index >= 15 is 0 Å². The molecule has 0 spiro atoms. The van der Waals surface area contributed by atoms with Gasteiger partial charge in [0.1, 0.15) is 5.75 Å². The van der Waals surface area contributed by atoms with Crippen molar-refractivity contribution in [3.8, 4) is 5.75 Å². The fourth-order valence-electron chi connectivity index (χ4n) is 2.17. The van der Waals surface area contributed by atoms with Crippen molar-refractivity contribution in [2.75, 3.05) is 19.8 Å². The van der Waals surface area contributed by atoms with E-state index in [1.807, 2.05) is 45.0 Å². The van der Waals surface area contributed by atoms with E-state index in [4.69, 9.17) is 9.84 Å². The fraction of sp³-hybridized carbons (Fsp3) is 0.562. The van der Waals surface area contributed by atoms with Gasteiger partial charge >= 0.3 is 0 Å². The largest absolute Gasteiger partial charge is 0.494 e. The smallest absolute Gasteiger partial charge is 0.223 e. The number of aryl methyl sites for hydroxylation is 1. The van der Waals surface area contributed by atoms with E-state index in [1.165, 1.54) is 0 Å². The van der Waals surface area contributed by atoms with Gasteiger partial charge in [-0.25, -0.2) is 0 Å². The number of carbonyl (C=O) groups excluding carboxylic acids is 1. The Morgan fingerprint density at radius 1 is 1.35 bits per heavy atom. The predicted molar refractivity (Wildman–Crippen MR) is 79.9 cm³/mol. The Kier molecular flexibility index (Phi) is 7.09. The van der Waals surface area contributed by atoms with Gasteiger partial charge in [-0.15, -0.1) is 0 Å². The van der Waals surface area contributed by atoms with Crippen LogP contribution in [0.3, 0.4) is 0 Å². The lowest BCUT2D eigenvalue weighted by Crippen LogP contribution is -2.39. The van der Waals surface area contributed by atoms with Crippen molar-refractivity contribution in [2.24, 2.45) is 0 Å². The number of hydrogen-bond acceptors (Lipinski definition) is 3. The van der Waals surface area contributed by atoms with E-state index < -0.39 is 0 Å². The molecule has 0 aliphatic rings. The second kappa shape index (κ2) is 8.59. The minimum Gasteiger partial charge on any atom is -0.494 e. The van der Waals surface area contributed by atoms with Gasteiger partial charge in [0.05, 0.1) is 13.2 Å². The van der Waals surface area contributed by atoms with E-state index in [1.54, 1.807) is 4.90 Å². The van der Waals surface area contributed by atoms with Crippen LogP contribution < -0.4 is 4.74 Å². The monoisotopic (exact) mass is 279 g/mol. The molecule has 0 aliphatic carbocycles. The van der Waals surface area contributed by atoms with Crippen molar-refractivity contribution < 1.29 is 14.6 Å². The molecule has 4 nitrogen and oxygen atoms in total. The van der Waals surface area contributed by atoms with Crippen LogP contribution in [0.15, 0.2) is 24.3 Å². The minimum atomic E-state index is -0.000543. The number of aliphatic hydroxyl groups excluding tert-OH is 1. The van der Waals surface area contributed by atoms with Crippen molar-refractivity contribution in [3.05, 3.63) is 29.8 Å². The van der Waals surface area contributed by atoms with Crippen LogP contribution in [0, 0.1) is 0 Å². The van der Waals surface area contributed by atoms with E-state index in [-0.39, 0.29) is 18.6 Å². The molecule has 1 aromatic rings. The van der Waals surface area contributed by atoms with Gasteiger partial charge in [-0.1, -0.05) is 18.2 Å². The van der Waals surface area contributed by atoms with Crippen molar-refractivity contribution in [1.29, 1.82) is 0 Å². The second-order valence-electron chi connectivity index (χ2n) is 4.95. The van der Waals surface area contributed by atoms with Gasteiger partial charge < -0.3 is 14.7 Å². The van der Waals surface area contributed by atoms with Gasteiger partial charge in [0.15, 0.2) is 0 Å². The molecule has 0 saturated carbocycles. The van der Waals surface area contributed by atoms with Gasteiger partial charge in [-0.05, 0) is 38.8 Å². The Hall–Kier alpha value is -1.55. The number of rotatable bonds is 8. The second-order valence-corrected chi connectivity index (χ2v) is 4.95. The van der Waals surface area contributed by atoms with E-state index in [9.17, 15) is 4.79 Å². The highest BCUT2D eigenvalue weighted by Gasteiger charge is 2.16. The Morgan fingerprint density at radius 2 is 2.05 bits per heavy atom. The first-order valence-corrected chi connectivity index (χ1v) is 7.21. The summed E-state index contributed by atoms with van der Waals surface area (Å²) < 4.78 is 5.56. The molecule has 1 rings (SSSR count). The summed E-state index contributed by atoms with van der Waals surface area (Å²) >= 11 is 0. The highest BCUT2D eigenvalue weighted by Crippen LogP contribution is 2.20. The summed E-state index contributed by atoms with van der Waals surface area (Å²) in [5.74, 6) is 0.918. The van der Waals surface area contributed by atoms with Crippen LogP contribution in [0.1, 0.15) is 32.8 Å². The predicted octanol–water partition coefficient (Wildman–Crippen LogP) is 2.25. The van der Waals surface area contributed by atoms with Crippen molar-refractivity contribution in [1.82, 2.24) is 4.90 Å². The molecular formula is C16H25NO3. The quantitative estimate of drug-likeness (QED) is 0.794. The standard InChI is InChI=1S/C16H25NO3/c1-4-20-15-8-6-5-7-14(15)9-10-16(19)17(11-12-18)13(2)3/h5-8,13,18H,4,9-12H2,1-3H3. The third-order valence-corrected chi connectivity index (χ3v) is 3.17. The number of ether oxygens (including phenoxy) is 1.